The van der Waals surface area contributed by atoms with E-state index in [0.717, 1.165) is 0 Å². The lowest BCUT2D eigenvalue weighted by atomic mass is 10.3. The maximum Gasteiger partial charge on any atom is 0.350 e. The van der Waals surface area contributed by atoms with Crippen LogP contribution in [0.4, 0.5) is 5.82 Å². The van der Waals surface area contributed by atoms with Gasteiger partial charge in [-0.3, -0.25) is 4.57 Å². The van der Waals surface area contributed by atoms with Gasteiger partial charge in [0.1, 0.15) is 18.2 Å². The third-order valence-electron chi connectivity index (χ3n) is 2.45. The summed E-state index contributed by atoms with van der Waals surface area (Å²) in [5.74, 6) is 0.278. The maximum absolute atomic E-state index is 10.6. The average Bonchev–Trinajstić information content (AvgIpc) is 2.72. The Morgan fingerprint density at radius 3 is 2.85 bits per heavy atom. The van der Waals surface area contributed by atoms with Gasteiger partial charge in [0.15, 0.2) is 11.5 Å². The van der Waals surface area contributed by atoms with Gasteiger partial charge in [-0.25, -0.2) is 15.0 Å². The molecule has 10 nitrogen and oxygen atoms in total. The number of aromatic nitrogens is 4. The molecule has 110 valence electrons. The van der Waals surface area contributed by atoms with Crippen LogP contribution < -0.4 is 11.5 Å². The van der Waals surface area contributed by atoms with Gasteiger partial charge >= 0.3 is 7.60 Å². The van der Waals surface area contributed by atoms with Crippen LogP contribution in [0.3, 0.4) is 0 Å². The molecule has 0 aromatic carbocycles. The normalized spacial score (nSPS) is 13.8. The standard InChI is InChI=1S/C9H15N6O4P/c10-6(2-19-5-20(16,17)18)1-15-4-14-7-8(11)12-3-13-9(7)15/h3-4,6H,1-2,5,10H2,(H2,11,12,13)(H2,16,17,18). The quantitative estimate of drug-likeness (QED) is 0.484. The Balaban J connectivity index is 1.98. The number of imidazole rings is 1. The van der Waals surface area contributed by atoms with E-state index in [0.29, 0.717) is 17.7 Å². The lowest BCUT2D eigenvalue weighted by Gasteiger charge is -2.13. The van der Waals surface area contributed by atoms with Crippen LogP contribution in [-0.4, -0.2) is 48.3 Å². The van der Waals surface area contributed by atoms with Gasteiger partial charge < -0.3 is 30.6 Å². The number of hydrogen-bond acceptors (Lipinski definition) is 7. The highest BCUT2D eigenvalue weighted by atomic mass is 31.2. The van der Waals surface area contributed by atoms with Crippen LogP contribution in [0.5, 0.6) is 0 Å². The summed E-state index contributed by atoms with van der Waals surface area (Å²) in [6.07, 6.45) is 2.20. The van der Waals surface area contributed by atoms with Crippen LogP contribution in [-0.2, 0) is 15.8 Å². The van der Waals surface area contributed by atoms with E-state index in [1.807, 2.05) is 0 Å². The predicted octanol–water partition coefficient (Wildman–Crippen LogP) is -1.11. The highest BCUT2D eigenvalue weighted by molar-refractivity contribution is 7.51. The largest absolute Gasteiger partial charge is 0.382 e. The minimum Gasteiger partial charge on any atom is -0.382 e. The molecule has 0 bridgehead atoms. The number of nitrogen functional groups attached to an aromatic ring is 1. The van der Waals surface area contributed by atoms with E-state index in [2.05, 4.69) is 15.0 Å². The molecule has 0 fully saturated rings. The number of ether oxygens (including phenoxy) is 1. The summed E-state index contributed by atoms with van der Waals surface area (Å²) < 4.78 is 17.2. The molecular formula is C9H15N6O4P. The van der Waals surface area contributed by atoms with E-state index in [1.165, 1.54) is 12.7 Å². The van der Waals surface area contributed by atoms with E-state index in [9.17, 15) is 4.57 Å². The molecule has 1 unspecified atom stereocenters. The van der Waals surface area contributed by atoms with Crippen molar-refractivity contribution in [3.8, 4) is 0 Å². The first-order chi connectivity index (χ1) is 9.37. The number of nitrogens with two attached hydrogens (primary N) is 2. The van der Waals surface area contributed by atoms with Crippen molar-refractivity contribution in [3.63, 3.8) is 0 Å². The molecule has 2 aromatic heterocycles. The van der Waals surface area contributed by atoms with E-state index < -0.39 is 20.0 Å². The van der Waals surface area contributed by atoms with Gasteiger partial charge in [-0.15, -0.1) is 0 Å². The summed E-state index contributed by atoms with van der Waals surface area (Å²) >= 11 is 0. The molecule has 0 saturated carbocycles. The molecule has 2 rings (SSSR count). The summed E-state index contributed by atoms with van der Waals surface area (Å²) in [5.41, 5.74) is 12.5. The maximum atomic E-state index is 10.6. The van der Waals surface area contributed by atoms with E-state index in [-0.39, 0.29) is 12.4 Å². The minimum absolute atomic E-state index is 0.00531. The zero-order valence-corrected chi connectivity index (χ0v) is 11.3. The third-order valence-corrected chi connectivity index (χ3v) is 2.97. The fourth-order valence-corrected chi connectivity index (χ4v) is 2.00. The number of nitrogens with zero attached hydrogens (tertiary/aromatic N) is 4. The van der Waals surface area contributed by atoms with Crippen LogP contribution in [0.25, 0.3) is 11.2 Å². The predicted molar refractivity (Wildman–Crippen MR) is 70.6 cm³/mol. The van der Waals surface area contributed by atoms with Crippen molar-refractivity contribution in [1.82, 2.24) is 19.5 Å². The molecule has 6 N–H and O–H groups in total. The Morgan fingerprint density at radius 1 is 1.40 bits per heavy atom. The molecule has 0 aliphatic rings. The third kappa shape index (κ3) is 3.71. The second-order valence-electron chi connectivity index (χ2n) is 4.25. The Hall–Kier alpha value is -1.58. The van der Waals surface area contributed by atoms with Gasteiger partial charge in [0, 0.05) is 12.6 Å². The van der Waals surface area contributed by atoms with Crippen LogP contribution in [0.15, 0.2) is 12.7 Å². The Bertz CT molecular complexity index is 640. The zero-order chi connectivity index (χ0) is 14.8. The van der Waals surface area contributed by atoms with Crippen molar-refractivity contribution in [3.05, 3.63) is 12.7 Å². The number of fused-ring (bicyclic) bond motifs is 1. The molecule has 1 atom stereocenters. The summed E-state index contributed by atoms with van der Waals surface area (Å²) in [4.78, 5) is 29.3. The molecule has 0 saturated heterocycles. The molecule has 2 aromatic rings. The molecule has 0 radical (unpaired) electrons. The highest BCUT2D eigenvalue weighted by Gasteiger charge is 2.15. The van der Waals surface area contributed by atoms with Crippen molar-refractivity contribution in [2.75, 3.05) is 18.7 Å². The summed E-state index contributed by atoms with van der Waals surface area (Å²) in [6.45, 7) is 0.333. The van der Waals surface area contributed by atoms with Gasteiger partial charge in [0.05, 0.1) is 12.9 Å². The smallest absolute Gasteiger partial charge is 0.350 e. The average molecular weight is 302 g/mol. The summed E-state index contributed by atoms with van der Waals surface area (Å²) in [7, 11) is -4.17. The van der Waals surface area contributed by atoms with E-state index >= 15 is 0 Å². The van der Waals surface area contributed by atoms with Gasteiger partial charge in [-0.2, -0.15) is 0 Å². The van der Waals surface area contributed by atoms with Crippen LogP contribution in [0.2, 0.25) is 0 Å². The SMILES string of the molecule is Nc1ncnc2c1ncn2CC(N)COCP(=O)(O)O. The zero-order valence-electron chi connectivity index (χ0n) is 10.5. The molecular weight excluding hydrogens is 287 g/mol. The van der Waals surface area contributed by atoms with E-state index in [1.54, 1.807) is 4.57 Å². The second-order valence-corrected chi connectivity index (χ2v) is 5.84. The topological polar surface area (TPSA) is 162 Å². The monoisotopic (exact) mass is 302 g/mol. The lowest BCUT2D eigenvalue weighted by molar-refractivity contribution is 0.139. The number of hydrogen-bond donors (Lipinski definition) is 4. The molecule has 0 aliphatic carbocycles. The van der Waals surface area contributed by atoms with Crippen LogP contribution in [0.1, 0.15) is 0 Å². The Kier molecular flexibility index (Phi) is 4.31. The summed E-state index contributed by atoms with van der Waals surface area (Å²) in [6, 6.07) is -0.463. The first kappa shape index (κ1) is 14.8. The molecule has 20 heavy (non-hydrogen) atoms. The van der Waals surface area contributed by atoms with E-state index in [4.69, 9.17) is 26.0 Å². The van der Waals surface area contributed by atoms with Gasteiger partial charge in [0.2, 0.25) is 0 Å². The van der Waals surface area contributed by atoms with Crippen molar-refractivity contribution in [2.45, 2.75) is 12.6 Å². The Labute approximate surface area is 113 Å². The molecule has 0 spiro atoms. The first-order valence-electron chi connectivity index (χ1n) is 5.66. The first-order valence-corrected chi connectivity index (χ1v) is 7.46. The van der Waals surface area contributed by atoms with Crippen molar-refractivity contribution >= 4 is 24.6 Å². The molecule has 2 heterocycles. The molecule has 11 heteroatoms. The highest BCUT2D eigenvalue weighted by Crippen LogP contribution is 2.33. The van der Waals surface area contributed by atoms with Gasteiger partial charge in [0.25, 0.3) is 0 Å². The summed E-state index contributed by atoms with van der Waals surface area (Å²) in [5, 5.41) is 0. The lowest BCUT2D eigenvalue weighted by Crippen LogP contribution is -2.31. The van der Waals surface area contributed by atoms with Crippen LogP contribution in [0, 0.1) is 0 Å². The Morgan fingerprint density at radius 2 is 2.15 bits per heavy atom. The fourth-order valence-electron chi connectivity index (χ4n) is 1.66. The molecule has 0 aliphatic heterocycles. The number of anilines is 1. The van der Waals surface area contributed by atoms with Gasteiger partial charge in [-0.1, -0.05) is 0 Å². The van der Waals surface area contributed by atoms with Crippen molar-refractivity contribution < 1.29 is 19.1 Å². The second kappa shape index (κ2) is 5.81. The van der Waals surface area contributed by atoms with Crippen LogP contribution >= 0.6 is 7.60 Å². The molecule has 0 amide bonds. The van der Waals surface area contributed by atoms with Crippen molar-refractivity contribution in [1.29, 1.82) is 0 Å². The minimum atomic E-state index is -4.17. The van der Waals surface area contributed by atoms with Crippen molar-refractivity contribution in [2.24, 2.45) is 5.73 Å². The fraction of sp³-hybridized carbons (Fsp3) is 0.444. The van der Waals surface area contributed by atoms with Gasteiger partial charge in [-0.05, 0) is 0 Å². The number of rotatable bonds is 6.